The fourth-order valence-electron chi connectivity index (χ4n) is 1.16. The van der Waals surface area contributed by atoms with Gasteiger partial charge in [0.15, 0.2) is 0 Å². The van der Waals surface area contributed by atoms with Crippen molar-refractivity contribution >= 4 is 28.1 Å². The van der Waals surface area contributed by atoms with Gasteiger partial charge >= 0.3 is 5.97 Å². The largest absolute Gasteiger partial charge is 0.469 e. The average molecular weight is 246 g/mol. The van der Waals surface area contributed by atoms with Gasteiger partial charge in [-0.2, -0.15) is 0 Å². The highest BCUT2D eigenvalue weighted by Gasteiger charge is 2.16. The number of esters is 1. The molecule has 1 aromatic heterocycles. The fourth-order valence-corrected chi connectivity index (χ4v) is 3.54. The molecule has 0 N–H and O–H groups in total. The summed E-state index contributed by atoms with van der Waals surface area (Å²) in [4.78, 5) is 12.2. The van der Waals surface area contributed by atoms with Crippen molar-refractivity contribution in [3.63, 3.8) is 0 Å². The van der Waals surface area contributed by atoms with Gasteiger partial charge in [-0.1, -0.05) is 13.0 Å². The van der Waals surface area contributed by atoms with Gasteiger partial charge in [0.2, 0.25) is 0 Å². The van der Waals surface area contributed by atoms with E-state index >= 15 is 0 Å². The Kier molecular flexibility index (Phi) is 4.98. The Bertz CT molecular complexity index is 332. The minimum absolute atomic E-state index is 0.296. The first-order valence-electron chi connectivity index (χ1n) is 4.58. The molecule has 0 saturated heterocycles. The minimum atomic E-state index is -0.992. The fraction of sp³-hybridized carbons (Fsp3) is 0.500. The summed E-state index contributed by atoms with van der Waals surface area (Å²) in [5, 5.41) is 1.95. The van der Waals surface area contributed by atoms with Gasteiger partial charge in [-0.3, -0.25) is 9.00 Å². The number of thiophene rings is 1. The summed E-state index contributed by atoms with van der Waals surface area (Å²) in [6.07, 6.45) is 0. The zero-order valence-electron chi connectivity index (χ0n) is 8.76. The topological polar surface area (TPSA) is 43.4 Å². The van der Waals surface area contributed by atoms with Crippen LogP contribution in [0, 0.1) is 5.92 Å². The molecule has 5 heteroatoms. The summed E-state index contributed by atoms with van der Waals surface area (Å²) in [5.74, 6) is 0.300. The maximum absolute atomic E-state index is 11.7. The van der Waals surface area contributed by atoms with Gasteiger partial charge in [-0.25, -0.2) is 0 Å². The molecule has 0 radical (unpaired) electrons. The summed E-state index contributed by atoms with van der Waals surface area (Å²) in [6.45, 7) is 1.73. The average Bonchev–Trinajstić information content (AvgIpc) is 2.68. The van der Waals surface area contributed by atoms with E-state index in [1.165, 1.54) is 7.11 Å². The molecule has 3 nitrogen and oxygen atoms in total. The van der Waals surface area contributed by atoms with Gasteiger partial charge in [0.05, 0.1) is 18.8 Å². The van der Waals surface area contributed by atoms with Gasteiger partial charge in [0, 0.05) is 21.4 Å². The smallest absolute Gasteiger partial charge is 0.309 e. The van der Waals surface area contributed by atoms with Crippen LogP contribution in [0.5, 0.6) is 0 Å². The lowest BCUT2D eigenvalue weighted by atomic mass is 10.2. The zero-order valence-corrected chi connectivity index (χ0v) is 10.4. The molecule has 0 amide bonds. The van der Waals surface area contributed by atoms with Crippen LogP contribution >= 0.6 is 11.3 Å². The SMILES string of the molecule is COC(=O)C(C)CS(=O)Cc1cccs1. The van der Waals surface area contributed by atoms with Crippen molar-refractivity contribution < 1.29 is 13.7 Å². The van der Waals surface area contributed by atoms with Crippen molar-refractivity contribution in [3.8, 4) is 0 Å². The van der Waals surface area contributed by atoms with Crippen LogP contribution in [0.25, 0.3) is 0 Å². The molecule has 2 unspecified atom stereocenters. The zero-order chi connectivity index (χ0) is 11.3. The van der Waals surface area contributed by atoms with E-state index in [0.29, 0.717) is 11.5 Å². The Morgan fingerprint density at radius 3 is 2.93 bits per heavy atom. The number of ether oxygens (including phenoxy) is 1. The van der Waals surface area contributed by atoms with Crippen LogP contribution in [0.2, 0.25) is 0 Å². The Labute approximate surface area is 95.9 Å². The van der Waals surface area contributed by atoms with E-state index in [0.717, 1.165) is 4.88 Å². The van der Waals surface area contributed by atoms with Crippen LogP contribution in [-0.2, 0) is 26.1 Å². The van der Waals surface area contributed by atoms with E-state index in [-0.39, 0.29) is 11.9 Å². The third-order valence-corrected chi connectivity index (χ3v) is 4.49. The Morgan fingerprint density at radius 2 is 2.40 bits per heavy atom. The maximum Gasteiger partial charge on any atom is 0.309 e. The van der Waals surface area contributed by atoms with E-state index in [9.17, 15) is 9.00 Å². The first kappa shape index (κ1) is 12.4. The monoisotopic (exact) mass is 246 g/mol. The Balaban J connectivity index is 2.39. The van der Waals surface area contributed by atoms with Crippen LogP contribution in [0.15, 0.2) is 17.5 Å². The van der Waals surface area contributed by atoms with E-state index in [1.807, 2.05) is 17.5 Å². The Hall–Kier alpha value is -0.680. The van der Waals surface area contributed by atoms with Crippen molar-refractivity contribution in [1.82, 2.24) is 0 Å². The van der Waals surface area contributed by atoms with Crippen molar-refractivity contribution in [2.75, 3.05) is 12.9 Å². The van der Waals surface area contributed by atoms with E-state index < -0.39 is 10.8 Å². The summed E-state index contributed by atoms with van der Waals surface area (Å²) in [5.41, 5.74) is 0. The molecule has 0 bridgehead atoms. The second-order valence-corrected chi connectivity index (χ2v) is 5.79. The molecule has 0 aromatic carbocycles. The molecule has 0 aliphatic rings. The number of carbonyl (C=O) groups is 1. The molecule has 0 aliphatic heterocycles. The highest BCUT2D eigenvalue weighted by atomic mass is 32.2. The molecule has 2 atom stereocenters. The standard InChI is InChI=1S/C10H14O3S2/c1-8(10(11)13-2)6-15(12)7-9-4-3-5-14-9/h3-5,8H,6-7H2,1-2H3. The van der Waals surface area contributed by atoms with Crippen molar-refractivity contribution in [2.45, 2.75) is 12.7 Å². The van der Waals surface area contributed by atoms with Gasteiger partial charge in [0.1, 0.15) is 0 Å². The van der Waals surface area contributed by atoms with E-state index in [2.05, 4.69) is 4.74 Å². The normalized spacial score (nSPS) is 14.5. The molecule has 1 rings (SSSR count). The molecule has 0 aliphatic carbocycles. The lowest BCUT2D eigenvalue weighted by Crippen LogP contribution is -2.19. The molecule has 0 fully saturated rings. The summed E-state index contributed by atoms with van der Waals surface area (Å²) < 4.78 is 16.2. The van der Waals surface area contributed by atoms with E-state index in [1.54, 1.807) is 18.3 Å². The summed E-state index contributed by atoms with van der Waals surface area (Å²) in [6, 6.07) is 3.88. The molecular formula is C10H14O3S2. The number of rotatable bonds is 5. The molecule has 0 saturated carbocycles. The van der Waals surface area contributed by atoms with Crippen LogP contribution in [0.3, 0.4) is 0 Å². The number of hydrogen-bond donors (Lipinski definition) is 0. The molecule has 84 valence electrons. The molecule has 0 spiro atoms. The van der Waals surface area contributed by atoms with Gasteiger partial charge in [0.25, 0.3) is 0 Å². The van der Waals surface area contributed by atoms with Gasteiger partial charge < -0.3 is 4.74 Å². The first-order valence-corrected chi connectivity index (χ1v) is 6.95. The number of methoxy groups -OCH3 is 1. The van der Waals surface area contributed by atoms with Crippen molar-refractivity contribution in [3.05, 3.63) is 22.4 Å². The van der Waals surface area contributed by atoms with Gasteiger partial charge in [-0.05, 0) is 11.4 Å². The quantitative estimate of drug-likeness (QED) is 0.744. The summed E-state index contributed by atoms with van der Waals surface area (Å²) >= 11 is 1.58. The second-order valence-electron chi connectivity index (χ2n) is 3.25. The third-order valence-electron chi connectivity index (χ3n) is 1.92. The summed E-state index contributed by atoms with van der Waals surface area (Å²) in [7, 11) is 0.356. The third kappa shape index (κ3) is 4.13. The number of carbonyl (C=O) groups excluding carboxylic acids is 1. The predicted molar refractivity (Wildman–Crippen MR) is 62.2 cm³/mol. The lowest BCUT2D eigenvalue weighted by Gasteiger charge is -2.07. The van der Waals surface area contributed by atoms with Crippen LogP contribution in [0.1, 0.15) is 11.8 Å². The highest BCUT2D eigenvalue weighted by molar-refractivity contribution is 7.84. The van der Waals surface area contributed by atoms with Crippen LogP contribution in [-0.4, -0.2) is 23.0 Å². The van der Waals surface area contributed by atoms with Crippen molar-refractivity contribution in [1.29, 1.82) is 0 Å². The second kappa shape index (κ2) is 6.02. The molecule has 1 aromatic rings. The Morgan fingerprint density at radius 1 is 1.67 bits per heavy atom. The van der Waals surface area contributed by atoms with E-state index in [4.69, 9.17) is 0 Å². The molecule has 15 heavy (non-hydrogen) atoms. The lowest BCUT2D eigenvalue weighted by molar-refractivity contribution is -0.144. The van der Waals surface area contributed by atoms with Crippen LogP contribution < -0.4 is 0 Å². The van der Waals surface area contributed by atoms with Crippen LogP contribution in [0.4, 0.5) is 0 Å². The first-order chi connectivity index (χ1) is 7.13. The predicted octanol–water partition coefficient (Wildman–Crippen LogP) is 1.81. The highest BCUT2D eigenvalue weighted by Crippen LogP contribution is 2.12. The van der Waals surface area contributed by atoms with Gasteiger partial charge in [-0.15, -0.1) is 11.3 Å². The minimum Gasteiger partial charge on any atom is -0.469 e. The van der Waals surface area contributed by atoms with Crippen molar-refractivity contribution in [2.24, 2.45) is 5.92 Å². The number of hydrogen-bond acceptors (Lipinski definition) is 4. The molecular weight excluding hydrogens is 232 g/mol. The molecule has 1 heterocycles. The maximum atomic E-state index is 11.7.